The molecule has 17 nitrogen and oxygen atoms in total. The first-order valence-corrected chi connectivity index (χ1v) is 25.2. The highest BCUT2D eigenvalue weighted by Gasteiger charge is 2.52. The fourth-order valence-corrected chi connectivity index (χ4v) is 13.3. The molecular formula is C45H67N9O8S. The van der Waals surface area contributed by atoms with Gasteiger partial charge in [-0.15, -0.1) is 0 Å². The zero-order chi connectivity index (χ0) is 44.1. The predicted molar refractivity (Wildman–Crippen MR) is 233 cm³/mol. The van der Waals surface area contributed by atoms with Gasteiger partial charge in [0.15, 0.2) is 46.3 Å². The summed E-state index contributed by atoms with van der Waals surface area (Å²) in [5, 5.41) is 8.72. The van der Waals surface area contributed by atoms with Crippen LogP contribution in [-0.2, 0) is 43.5 Å². The van der Waals surface area contributed by atoms with Crippen molar-refractivity contribution in [2.75, 3.05) is 59.6 Å². The average Bonchev–Trinajstić information content (AvgIpc) is 4.12. The zero-order valence-electron chi connectivity index (χ0n) is 37.3. The molecule has 3 aromatic rings. The van der Waals surface area contributed by atoms with Crippen LogP contribution >= 0.6 is 0 Å². The molecule has 63 heavy (non-hydrogen) atoms. The maximum atomic E-state index is 13.0. The molecule has 3 amide bonds. The summed E-state index contributed by atoms with van der Waals surface area (Å²) in [5.41, 5.74) is 2.75. The van der Waals surface area contributed by atoms with Crippen LogP contribution in [0.1, 0.15) is 142 Å². The van der Waals surface area contributed by atoms with Crippen molar-refractivity contribution in [1.82, 2.24) is 45.6 Å². The van der Waals surface area contributed by atoms with Crippen molar-refractivity contribution < 1.29 is 36.1 Å². The van der Waals surface area contributed by atoms with Crippen molar-refractivity contribution in [2.24, 2.45) is 11.8 Å². The van der Waals surface area contributed by atoms with Gasteiger partial charge in [-0.05, 0) is 90.8 Å². The highest BCUT2D eigenvalue weighted by molar-refractivity contribution is 7.92. The maximum absolute atomic E-state index is 13.0. The van der Waals surface area contributed by atoms with Gasteiger partial charge in [-0.2, -0.15) is 0 Å². The van der Waals surface area contributed by atoms with Crippen LogP contribution in [0, 0.1) is 11.8 Å². The molecule has 4 fully saturated rings. The fourth-order valence-electron chi connectivity index (χ4n) is 11.5. The van der Waals surface area contributed by atoms with Crippen LogP contribution in [0.2, 0.25) is 0 Å². The van der Waals surface area contributed by atoms with Gasteiger partial charge < -0.3 is 43.9 Å². The topological polar surface area (TPSA) is 209 Å². The Labute approximate surface area is 371 Å². The number of aromatic nitrogens is 3. The van der Waals surface area contributed by atoms with Crippen molar-refractivity contribution in [3.8, 4) is 0 Å². The SMILES string of the molecule is CNC1C(=O)N(C23CCC(CC2)C3)CCc2ncoc21.CNC1C(=O)N(CC2CCCCCC2)CCc2ncoc21.CNC1C(=O)N(CC2CCCCS2(=O)=O)CCc2ncoc21. The van der Waals surface area contributed by atoms with Crippen LogP contribution in [0.25, 0.3) is 0 Å². The molecule has 0 radical (unpaired) electrons. The zero-order valence-corrected chi connectivity index (χ0v) is 38.1. The van der Waals surface area contributed by atoms with Gasteiger partial charge in [0.1, 0.15) is 18.1 Å². The molecule has 7 heterocycles. The number of amides is 3. The number of nitrogens with zero attached hydrogens (tertiary/aromatic N) is 6. The van der Waals surface area contributed by atoms with Crippen molar-refractivity contribution in [2.45, 2.75) is 138 Å². The van der Waals surface area contributed by atoms with Crippen LogP contribution in [0.3, 0.4) is 0 Å². The Morgan fingerprint density at radius 1 is 0.619 bits per heavy atom. The lowest BCUT2D eigenvalue weighted by Crippen LogP contribution is -2.52. The van der Waals surface area contributed by atoms with E-state index in [1.807, 2.05) is 19.0 Å². The van der Waals surface area contributed by atoms with Gasteiger partial charge in [-0.1, -0.05) is 32.1 Å². The minimum Gasteiger partial charge on any atom is -0.446 e. The molecule has 346 valence electrons. The lowest BCUT2D eigenvalue weighted by molar-refractivity contribution is -0.140. The summed E-state index contributed by atoms with van der Waals surface area (Å²) >= 11 is 0. The van der Waals surface area contributed by atoms with Gasteiger partial charge in [0.2, 0.25) is 17.7 Å². The van der Waals surface area contributed by atoms with Gasteiger partial charge in [-0.25, -0.2) is 23.4 Å². The van der Waals surface area contributed by atoms with E-state index in [1.54, 1.807) is 11.9 Å². The van der Waals surface area contributed by atoms with E-state index in [1.165, 1.54) is 89.8 Å². The van der Waals surface area contributed by atoms with Crippen LogP contribution in [-0.4, -0.2) is 126 Å². The Morgan fingerprint density at radius 3 is 1.57 bits per heavy atom. The summed E-state index contributed by atoms with van der Waals surface area (Å²) in [6.07, 6.45) is 22.7. The molecule has 4 atom stereocenters. The van der Waals surface area contributed by atoms with Gasteiger partial charge in [-0.3, -0.25) is 14.4 Å². The van der Waals surface area contributed by atoms with Crippen molar-refractivity contribution in [3.05, 3.63) is 53.5 Å². The fraction of sp³-hybridized carbons (Fsp3) is 0.733. The molecule has 10 rings (SSSR count). The predicted octanol–water partition coefficient (Wildman–Crippen LogP) is 4.23. The van der Waals surface area contributed by atoms with E-state index in [2.05, 4.69) is 35.8 Å². The van der Waals surface area contributed by atoms with Gasteiger partial charge in [0, 0.05) is 57.5 Å². The average molecular weight is 894 g/mol. The molecule has 7 aliphatic rings. The number of carbonyl (C=O) groups is 3. The minimum absolute atomic E-state index is 0.125. The van der Waals surface area contributed by atoms with Crippen molar-refractivity contribution in [1.29, 1.82) is 0 Å². The second-order valence-corrected chi connectivity index (χ2v) is 21.1. The van der Waals surface area contributed by atoms with E-state index in [4.69, 9.17) is 13.3 Å². The van der Waals surface area contributed by atoms with Gasteiger partial charge >= 0.3 is 0 Å². The standard InChI is InChI=1S/C16H25N3O2.C15H21N3O2.C14H21N3O4S/c1-17-14-15-13(18-11-21-15)8-9-19(16(14)20)10-12-6-4-2-3-5-7-12;1-16-12-13-11(17-9-20-13)4-7-18(14(12)19)15-5-2-10(8-15)3-6-15;1-15-12-13-11(16-9-21-13)5-6-17(14(12)18)8-10-4-2-3-7-22(10,19)20/h11-12,14,17H,2-10H2,1H3;9-10,12,16H,2-8H2,1H3;9-10,12,15H,2-8H2,1H3. The molecule has 3 aromatic heterocycles. The molecule has 2 bridgehead atoms. The first kappa shape index (κ1) is 45.4. The molecular weight excluding hydrogens is 827 g/mol. The van der Waals surface area contributed by atoms with E-state index < -0.39 is 21.1 Å². The maximum Gasteiger partial charge on any atom is 0.248 e. The molecule has 4 aliphatic heterocycles. The van der Waals surface area contributed by atoms with E-state index in [9.17, 15) is 22.8 Å². The van der Waals surface area contributed by atoms with Crippen molar-refractivity contribution in [3.63, 3.8) is 0 Å². The second-order valence-electron chi connectivity index (χ2n) is 18.7. The first-order chi connectivity index (χ1) is 30.6. The highest BCUT2D eigenvalue weighted by atomic mass is 32.2. The number of sulfone groups is 1. The first-order valence-electron chi connectivity index (χ1n) is 23.4. The number of hydrogen-bond donors (Lipinski definition) is 3. The molecule has 0 aromatic carbocycles. The molecule has 3 aliphatic carbocycles. The monoisotopic (exact) mass is 893 g/mol. The third-order valence-corrected chi connectivity index (χ3v) is 17.2. The van der Waals surface area contributed by atoms with E-state index in [0.29, 0.717) is 42.6 Å². The summed E-state index contributed by atoms with van der Waals surface area (Å²) in [4.78, 5) is 57.0. The van der Waals surface area contributed by atoms with Crippen LogP contribution < -0.4 is 16.0 Å². The van der Waals surface area contributed by atoms with E-state index in [0.717, 1.165) is 68.3 Å². The largest absolute Gasteiger partial charge is 0.446 e. The summed E-state index contributed by atoms with van der Waals surface area (Å²) in [6.45, 7) is 3.17. The number of fused-ring (bicyclic) bond motifs is 5. The number of likely N-dealkylation sites (N-methyl/N-ethyl adjacent to an activating group) is 3. The van der Waals surface area contributed by atoms with Gasteiger partial charge in [0.25, 0.3) is 0 Å². The van der Waals surface area contributed by atoms with Crippen molar-refractivity contribution >= 4 is 27.6 Å². The van der Waals surface area contributed by atoms with Crippen LogP contribution in [0.5, 0.6) is 0 Å². The van der Waals surface area contributed by atoms with Crippen LogP contribution in [0.15, 0.2) is 32.4 Å². The Kier molecular flexibility index (Phi) is 14.4. The number of carbonyl (C=O) groups excluding carboxylic acids is 3. The normalized spacial score (nSPS) is 29.5. The summed E-state index contributed by atoms with van der Waals surface area (Å²) in [5.74, 6) is 3.86. The second kappa shape index (κ2) is 19.9. The third kappa shape index (κ3) is 9.64. The summed E-state index contributed by atoms with van der Waals surface area (Å²) in [6, 6.07) is -1.34. The molecule has 1 saturated heterocycles. The summed E-state index contributed by atoms with van der Waals surface area (Å²) < 4.78 is 40.6. The molecule has 3 N–H and O–H groups in total. The number of rotatable bonds is 8. The van der Waals surface area contributed by atoms with E-state index in [-0.39, 0.29) is 47.6 Å². The molecule has 0 spiro atoms. The molecule has 18 heteroatoms. The quantitative estimate of drug-likeness (QED) is 0.271. The molecule has 3 saturated carbocycles. The van der Waals surface area contributed by atoms with Gasteiger partial charge in [0.05, 0.1) is 28.1 Å². The number of nitrogens with one attached hydrogen (secondary N) is 3. The Bertz CT molecular complexity index is 2140. The number of hydrogen-bond acceptors (Lipinski definition) is 14. The smallest absolute Gasteiger partial charge is 0.248 e. The summed E-state index contributed by atoms with van der Waals surface area (Å²) in [7, 11) is 2.23. The lowest BCUT2D eigenvalue weighted by atomic mass is 9.91. The minimum atomic E-state index is -3.09. The Hall–Kier alpha value is -4.13. The van der Waals surface area contributed by atoms with Crippen LogP contribution in [0.4, 0.5) is 0 Å². The Morgan fingerprint density at radius 2 is 1.10 bits per heavy atom. The number of oxazole rings is 3. The van der Waals surface area contributed by atoms with E-state index >= 15 is 0 Å². The third-order valence-electron chi connectivity index (χ3n) is 15.0. The molecule has 4 unspecified atom stereocenters. The lowest BCUT2D eigenvalue weighted by Gasteiger charge is -2.40. The highest BCUT2D eigenvalue weighted by Crippen LogP contribution is 2.52. The Balaban J connectivity index is 0.000000130.